The predicted molar refractivity (Wildman–Crippen MR) is 51.6 cm³/mol. The molecule has 0 aliphatic heterocycles. The molecule has 0 aromatic heterocycles. The van der Waals surface area contributed by atoms with Gasteiger partial charge in [0.2, 0.25) is 0 Å². The minimum Gasteiger partial charge on any atom is -0.497 e. The molecular formula is C10H15NO2. The van der Waals surface area contributed by atoms with Crippen LogP contribution in [-0.4, -0.2) is 14.2 Å². The Bertz CT molecular complexity index is 246. The highest BCUT2D eigenvalue weighted by atomic mass is 16.7. The van der Waals surface area contributed by atoms with Crippen LogP contribution in [0.1, 0.15) is 18.6 Å². The minimum atomic E-state index is 0.0518. The van der Waals surface area contributed by atoms with Gasteiger partial charge in [-0.2, -0.15) is 0 Å². The van der Waals surface area contributed by atoms with Crippen molar-refractivity contribution in [2.75, 3.05) is 14.2 Å². The number of rotatable bonds is 4. The molecule has 3 heteroatoms. The molecule has 0 saturated heterocycles. The number of ether oxygens (including phenoxy) is 1. The van der Waals surface area contributed by atoms with E-state index in [2.05, 4.69) is 5.48 Å². The standard InChI is InChI=1S/C10H15NO2/c1-8(13-11-2)9-4-6-10(12-3)7-5-9/h4-8,11H,1-3H3. The zero-order valence-corrected chi connectivity index (χ0v) is 8.20. The fourth-order valence-electron chi connectivity index (χ4n) is 1.12. The van der Waals surface area contributed by atoms with Crippen LogP contribution in [0.2, 0.25) is 0 Å². The van der Waals surface area contributed by atoms with Gasteiger partial charge in [-0.05, 0) is 24.6 Å². The lowest BCUT2D eigenvalue weighted by molar-refractivity contribution is -0.00261. The Kier molecular flexibility index (Phi) is 3.73. The van der Waals surface area contributed by atoms with Crippen LogP contribution in [0.5, 0.6) is 5.75 Å². The van der Waals surface area contributed by atoms with Gasteiger partial charge in [0.05, 0.1) is 7.11 Å². The van der Waals surface area contributed by atoms with E-state index in [4.69, 9.17) is 9.57 Å². The third-order valence-electron chi connectivity index (χ3n) is 1.88. The molecule has 0 spiro atoms. The Morgan fingerprint density at radius 2 is 1.85 bits per heavy atom. The van der Waals surface area contributed by atoms with Gasteiger partial charge in [0.15, 0.2) is 0 Å². The van der Waals surface area contributed by atoms with Crippen LogP contribution in [-0.2, 0) is 4.84 Å². The highest BCUT2D eigenvalue weighted by Gasteiger charge is 2.04. The van der Waals surface area contributed by atoms with E-state index in [1.165, 1.54) is 0 Å². The molecule has 0 aliphatic carbocycles. The predicted octanol–water partition coefficient (Wildman–Crippen LogP) is 1.91. The van der Waals surface area contributed by atoms with Gasteiger partial charge in [-0.1, -0.05) is 12.1 Å². The molecule has 0 amide bonds. The summed E-state index contributed by atoms with van der Waals surface area (Å²) in [5, 5.41) is 0. The molecule has 0 aliphatic rings. The van der Waals surface area contributed by atoms with Crippen molar-refractivity contribution in [1.82, 2.24) is 5.48 Å². The van der Waals surface area contributed by atoms with Gasteiger partial charge in [-0.3, -0.25) is 4.84 Å². The molecule has 3 nitrogen and oxygen atoms in total. The van der Waals surface area contributed by atoms with Crippen molar-refractivity contribution in [3.8, 4) is 5.75 Å². The Hall–Kier alpha value is -1.06. The van der Waals surface area contributed by atoms with Crippen LogP contribution in [0.3, 0.4) is 0 Å². The normalized spacial score (nSPS) is 12.5. The topological polar surface area (TPSA) is 30.5 Å². The lowest BCUT2D eigenvalue weighted by atomic mass is 10.1. The molecule has 0 fully saturated rings. The molecule has 0 radical (unpaired) electrons. The van der Waals surface area contributed by atoms with Crippen LogP contribution in [0, 0.1) is 0 Å². The van der Waals surface area contributed by atoms with E-state index in [1.807, 2.05) is 31.2 Å². The maximum Gasteiger partial charge on any atom is 0.118 e. The largest absolute Gasteiger partial charge is 0.497 e. The maximum absolute atomic E-state index is 5.21. The quantitative estimate of drug-likeness (QED) is 0.720. The lowest BCUT2D eigenvalue weighted by Crippen LogP contribution is -2.11. The molecule has 1 aromatic rings. The second-order valence-corrected chi connectivity index (χ2v) is 2.74. The van der Waals surface area contributed by atoms with Crippen molar-refractivity contribution in [3.05, 3.63) is 29.8 Å². The number of hydroxylamine groups is 1. The lowest BCUT2D eigenvalue weighted by Gasteiger charge is -2.11. The number of methoxy groups -OCH3 is 1. The Labute approximate surface area is 78.6 Å². The number of hydrogen-bond acceptors (Lipinski definition) is 3. The maximum atomic E-state index is 5.21. The summed E-state index contributed by atoms with van der Waals surface area (Å²) in [6.45, 7) is 1.98. The van der Waals surface area contributed by atoms with E-state index >= 15 is 0 Å². The molecule has 1 rings (SSSR count). The molecule has 1 aromatic carbocycles. The van der Waals surface area contributed by atoms with Gasteiger partial charge in [0.25, 0.3) is 0 Å². The number of nitrogens with one attached hydrogen (secondary N) is 1. The van der Waals surface area contributed by atoms with Gasteiger partial charge in [-0.25, -0.2) is 5.48 Å². The summed E-state index contributed by atoms with van der Waals surface area (Å²) < 4.78 is 5.05. The SMILES string of the molecule is CNOC(C)c1ccc(OC)cc1. The Morgan fingerprint density at radius 3 is 2.31 bits per heavy atom. The summed E-state index contributed by atoms with van der Waals surface area (Å²) >= 11 is 0. The van der Waals surface area contributed by atoms with Crippen LogP contribution in [0.25, 0.3) is 0 Å². The second kappa shape index (κ2) is 4.84. The molecule has 0 saturated carbocycles. The van der Waals surface area contributed by atoms with Crippen LogP contribution in [0.4, 0.5) is 0 Å². The average Bonchev–Trinajstić information content (AvgIpc) is 2.18. The molecule has 1 N–H and O–H groups in total. The van der Waals surface area contributed by atoms with E-state index < -0.39 is 0 Å². The summed E-state index contributed by atoms with van der Waals surface area (Å²) in [5.41, 5.74) is 3.78. The minimum absolute atomic E-state index is 0.0518. The number of benzene rings is 1. The monoisotopic (exact) mass is 181 g/mol. The zero-order chi connectivity index (χ0) is 9.68. The van der Waals surface area contributed by atoms with E-state index in [9.17, 15) is 0 Å². The van der Waals surface area contributed by atoms with Gasteiger partial charge in [0.1, 0.15) is 11.9 Å². The number of hydrogen-bond donors (Lipinski definition) is 1. The van der Waals surface area contributed by atoms with Crippen molar-refractivity contribution < 1.29 is 9.57 Å². The molecular weight excluding hydrogens is 166 g/mol. The zero-order valence-electron chi connectivity index (χ0n) is 8.20. The van der Waals surface area contributed by atoms with E-state index in [1.54, 1.807) is 14.2 Å². The first-order valence-electron chi connectivity index (χ1n) is 4.24. The highest BCUT2D eigenvalue weighted by molar-refractivity contribution is 5.28. The second-order valence-electron chi connectivity index (χ2n) is 2.74. The molecule has 0 bridgehead atoms. The first-order valence-corrected chi connectivity index (χ1v) is 4.24. The van der Waals surface area contributed by atoms with Crippen molar-refractivity contribution >= 4 is 0 Å². The summed E-state index contributed by atoms with van der Waals surface area (Å²) in [4.78, 5) is 5.21. The Morgan fingerprint density at radius 1 is 1.23 bits per heavy atom. The van der Waals surface area contributed by atoms with E-state index in [0.717, 1.165) is 11.3 Å². The van der Waals surface area contributed by atoms with Crippen LogP contribution >= 0.6 is 0 Å². The molecule has 13 heavy (non-hydrogen) atoms. The fraction of sp³-hybridized carbons (Fsp3) is 0.400. The van der Waals surface area contributed by atoms with Crippen molar-refractivity contribution in [1.29, 1.82) is 0 Å². The first kappa shape index (κ1) is 10.0. The average molecular weight is 181 g/mol. The van der Waals surface area contributed by atoms with Crippen molar-refractivity contribution in [2.45, 2.75) is 13.0 Å². The third kappa shape index (κ3) is 2.72. The fourth-order valence-corrected chi connectivity index (χ4v) is 1.12. The van der Waals surface area contributed by atoms with Crippen molar-refractivity contribution in [3.63, 3.8) is 0 Å². The molecule has 72 valence electrons. The molecule has 1 unspecified atom stereocenters. The first-order chi connectivity index (χ1) is 6.27. The van der Waals surface area contributed by atoms with E-state index in [-0.39, 0.29) is 6.10 Å². The Balaban J connectivity index is 2.67. The van der Waals surface area contributed by atoms with Crippen molar-refractivity contribution in [2.24, 2.45) is 0 Å². The van der Waals surface area contributed by atoms with Gasteiger partial charge in [-0.15, -0.1) is 0 Å². The third-order valence-corrected chi connectivity index (χ3v) is 1.88. The summed E-state index contributed by atoms with van der Waals surface area (Å²) in [7, 11) is 3.41. The summed E-state index contributed by atoms with van der Waals surface area (Å²) in [5.74, 6) is 0.861. The smallest absolute Gasteiger partial charge is 0.118 e. The molecule has 1 atom stereocenters. The highest BCUT2D eigenvalue weighted by Crippen LogP contribution is 2.18. The van der Waals surface area contributed by atoms with Gasteiger partial charge < -0.3 is 4.74 Å². The summed E-state index contributed by atoms with van der Waals surface area (Å²) in [6, 6.07) is 7.82. The van der Waals surface area contributed by atoms with Gasteiger partial charge in [0, 0.05) is 7.05 Å². The summed E-state index contributed by atoms with van der Waals surface area (Å²) in [6.07, 6.45) is 0.0518. The van der Waals surface area contributed by atoms with Gasteiger partial charge >= 0.3 is 0 Å². The van der Waals surface area contributed by atoms with E-state index in [0.29, 0.717) is 0 Å². The van der Waals surface area contributed by atoms with Crippen LogP contribution < -0.4 is 10.2 Å². The molecule has 0 heterocycles. The van der Waals surface area contributed by atoms with Crippen LogP contribution in [0.15, 0.2) is 24.3 Å².